The first-order valence-electron chi connectivity index (χ1n) is 14.2. The summed E-state index contributed by atoms with van der Waals surface area (Å²) in [5.74, 6) is 0. The van der Waals surface area contributed by atoms with Crippen molar-refractivity contribution in [3.63, 3.8) is 0 Å². The van der Waals surface area contributed by atoms with Crippen LogP contribution in [0.4, 0.5) is 17.3 Å². The predicted molar refractivity (Wildman–Crippen MR) is 179 cm³/mol. The molecule has 2 nitrogen and oxygen atoms in total. The van der Waals surface area contributed by atoms with E-state index >= 15 is 0 Å². The van der Waals surface area contributed by atoms with Crippen molar-refractivity contribution in [1.29, 1.82) is 0 Å². The minimum atomic E-state index is -6.00. The van der Waals surface area contributed by atoms with Gasteiger partial charge in [0.25, 0.3) is 0 Å². The molecule has 0 amide bonds. The molecule has 0 bridgehead atoms. The summed E-state index contributed by atoms with van der Waals surface area (Å²) >= 11 is 14.1. The number of nitrogens with zero attached hydrogens (tertiary/aromatic N) is 2. The molecule has 0 heterocycles. The molecular formula is C32H38BBr2ClF4N2. The zero-order valence-electron chi connectivity index (χ0n) is 24.5. The van der Waals surface area contributed by atoms with Crippen LogP contribution in [-0.2, 0) is 0 Å². The number of allylic oxidation sites excluding steroid dienone is 7. The summed E-state index contributed by atoms with van der Waals surface area (Å²) in [7, 11) is -6.00. The van der Waals surface area contributed by atoms with Crippen LogP contribution >= 0.6 is 43.5 Å². The Morgan fingerprint density at radius 2 is 1.36 bits per heavy atom. The Morgan fingerprint density at radius 1 is 0.857 bits per heavy atom. The van der Waals surface area contributed by atoms with Crippen molar-refractivity contribution in [1.82, 2.24) is 4.90 Å². The number of hydrogen-bond donors (Lipinski definition) is 0. The maximum atomic E-state index is 9.75. The Hall–Kier alpha value is -2.10. The molecule has 42 heavy (non-hydrogen) atoms. The molecule has 0 spiro atoms. The first-order valence-corrected chi connectivity index (χ1v) is 16.1. The number of hydrogen-bond acceptors (Lipinski definition) is 1. The number of halogens is 7. The molecule has 0 radical (unpaired) electrons. The molecule has 0 atom stereocenters. The van der Waals surface area contributed by atoms with Crippen molar-refractivity contribution >= 4 is 62.1 Å². The number of rotatable bonds is 10. The Balaban J connectivity index is 0.00000113. The van der Waals surface area contributed by atoms with Crippen LogP contribution in [0.5, 0.6) is 0 Å². The highest BCUT2D eigenvalue weighted by Crippen LogP contribution is 2.34. The third kappa shape index (κ3) is 11.9. The van der Waals surface area contributed by atoms with Crippen LogP contribution in [0.25, 0.3) is 5.70 Å². The molecule has 2 aromatic rings. The minimum absolute atomic E-state index is 0.892. The van der Waals surface area contributed by atoms with Gasteiger partial charge in [-0.05, 0) is 106 Å². The Labute approximate surface area is 269 Å². The summed E-state index contributed by atoms with van der Waals surface area (Å²) in [6.45, 7) is 12.6. The van der Waals surface area contributed by atoms with Crippen LogP contribution in [0.3, 0.4) is 0 Å². The lowest BCUT2D eigenvalue weighted by Crippen LogP contribution is -2.21. The lowest BCUT2D eigenvalue weighted by Gasteiger charge is -2.25. The fourth-order valence-corrected chi connectivity index (χ4v) is 5.55. The molecule has 1 aliphatic rings. The molecule has 0 aromatic heterocycles. The highest BCUT2D eigenvalue weighted by atomic mass is 79.9. The summed E-state index contributed by atoms with van der Waals surface area (Å²) < 4.78 is 43.6. The van der Waals surface area contributed by atoms with Crippen LogP contribution in [0.2, 0.25) is 0 Å². The van der Waals surface area contributed by atoms with Crippen molar-refractivity contribution in [2.75, 3.05) is 26.2 Å². The topological polar surface area (TPSA) is 6.25 Å². The van der Waals surface area contributed by atoms with Gasteiger partial charge < -0.3 is 22.2 Å². The summed E-state index contributed by atoms with van der Waals surface area (Å²) in [6.07, 6.45) is 12.1. The molecule has 3 rings (SSSR count). The first kappa shape index (κ1) is 36.1. The lowest BCUT2D eigenvalue weighted by molar-refractivity contribution is -0.519. The molecule has 0 fully saturated rings. The van der Waals surface area contributed by atoms with Gasteiger partial charge in [0.2, 0.25) is 5.71 Å². The molecule has 0 unspecified atom stereocenters. The standard InChI is InChI=1S/C32H38Br2ClN2.BF4/c1-5-36(6-2)30(24-12-18-28(33)19-13-24)22-16-26-10-9-11-27(32(26)35)17-23-31(37(7-3)8-4)25-14-20-29(34)21-15-25;2-1(3,4)5/h12-23H,5-11H2,1-4H3;/q+1;-1. The van der Waals surface area contributed by atoms with Gasteiger partial charge in [0.1, 0.15) is 13.1 Å². The lowest BCUT2D eigenvalue weighted by atomic mass is 9.93. The van der Waals surface area contributed by atoms with E-state index in [0.29, 0.717) is 0 Å². The highest BCUT2D eigenvalue weighted by molar-refractivity contribution is 9.10. The van der Waals surface area contributed by atoms with Crippen molar-refractivity contribution in [2.45, 2.75) is 47.0 Å². The van der Waals surface area contributed by atoms with Crippen molar-refractivity contribution in [3.8, 4) is 0 Å². The van der Waals surface area contributed by atoms with Gasteiger partial charge in [-0.25, -0.2) is 4.58 Å². The van der Waals surface area contributed by atoms with Crippen molar-refractivity contribution in [2.24, 2.45) is 0 Å². The maximum Gasteiger partial charge on any atom is 0.673 e. The van der Waals surface area contributed by atoms with E-state index in [1.165, 1.54) is 33.7 Å². The van der Waals surface area contributed by atoms with Crippen LogP contribution in [0, 0.1) is 0 Å². The van der Waals surface area contributed by atoms with Crippen LogP contribution < -0.4 is 0 Å². The van der Waals surface area contributed by atoms with E-state index in [1.807, 2.05) is 0 Å². The molecule has 2 aromatic carbocycles. The van der Waals surface area contributed by atoms with E-state index in [4.69, 9.17) is 11.6 Å². The second-order valence-electron chi connectivity index (χ2n) is 9.51. The molecule has 0 aliphatic heterocycles. The van der Waals surface area contributed by atoms with Crippen LogP contribution in [0.15, 0.2) is 98.0 Å². The van der Waals surface area contributed by atoms with Crippen LogP contribution in [0.1, 0.15) is 58.1 Å². The van der Waals surface area contributed by atoms with E-state index in [0.717, 1.165) is 59.4 Å². The monoisotopic (exact) mass is 730 g/mol. The predicted octanol–water partition coefficient (Wildman–Crippen LogP) is 10.9. The highest BCUT2D eigenvalue weighted by Gasteiger charge is 2.20. The first-order chi connectivity index (χ1) is 19.9. The number of benzene rings is 2. The molecule has 0 saturated carbocycles. The van der Waals surface area contributed by atoms with Gasteiger partial charge in [-0.15, -0.1) is 0 Å². The molecule has 228 valence electrons. The zero-order valence-corrected chi connectivity index (χ0v) is 28.4. The fraction of sp³-hybridized carbons (Fsp3) is 0.344. The summed E-state index contributed by atoms with van der Waals surface area (Å²) in [5.41, 5.74) is 7.30. The Bertz CT molecular complexity index is 1300. The molecular weight excluding hydrogens is 694 g/mol. The van der Waals surface area contributed by atoms with Gasteiger partial charge in [0.15, 0.2) is 0 Å². The van der Waals surface area contributed by atoms with Gasteiger partial charge in [-0.3, -0.25) is 0 Å². The van der Waals surface area contributed by atoms with Gasteiger partial charge >= 0.3 is 7.25 Å². The van der Waals surface area contributed by atoms with E-state index < -0.39 is 7.25 Å². The molecule has 0 saturated heterocycles. The average molecular weight is 733 g/mol. The van der Waals surface area contributed by atoms with E-state index in [1.54, 1.807) is 0 Å². The SMILES string of the molecule is CCN(CC)/C(=C/C=C1\CCCC(/C=C/C(c2ccc(Br)cc2)=[N+](CC)CC)=C1Cl)c1ccc(Br)cc1.F[B-](F)(F)F. The zero-order chi connectivity index (χ0) is 31.3. The second-order valence-corrected chi connectivity index (χ2v) is 11.7. The normalized spacial score (nSPS) is 15.1. The summed E-state index contributed by atoms with van der Waals surface area (Å²) in [4.78, 5) is 2.39. The van der Waals surface area contributed by atoms with Gasteiger partial charge in [0.05, 0.1) is 0 Å². The Kier molecular flexibility index (Phi) is 15.4. The van der Waals surface area contributed by atoms with E-state index in [-0.39, 0.29) is 0 Å². The fourth-order valence-electron chi connectivity index (χ4n) is 4.71. The average Bonchev–Trinajstić information content (AvgIpc) is 2.95. The smallest absolute Gasteiger partial charge is 0.418 e. The minimum Gasteiger partial charge on any atom is -0.418 e. The van der Waals surface area contributed by atoms with Crippen LogP contribution in [-0.4, -0.2) is 48.6 Å². The van der Waals surface area contributed by atoms with E-state index in [9.17, 15) is 17.3 Å². The maximum absolute atomic E-state index is 9.75. The van der Waals surface area contributed by atoms with Crippen molar-refractivity contribution < 1.29 is 21.8 Å². The second kappa shape index (κ2) is 17.9. The van der Waals surface area contributed by atoms with E-state index in [2.05, 4.69) is 142 Å². The Morgan fingerprint density at radius 3 is 1.83 bits per heavy atom. The van der Waals surface area contributed by atoms with Gasteiger partial charge in [-0.1, -0.05) is 67.7 Å². The van der Waals surface area contributed by atoms with Gasteiger partial charge in [-0.2, -0.15) is 0 Å². The summed E-state index contributed by atoms with van der Waals surface area (Å²) in [6, 6.07) is 17.1. The largest absolute Gasteiger partial charge is 0.673 e. The molecule has 0 N–H and O–H groups in total. The molecule has 10 heteroatoms. The third-order valence-corrected chi connectivity index (χ3v) is 8.37. The molecule has 1 aliphatic carbocycles. The van der Waals surface area contributed by atoms with Gasteiger partial charge in [0, 0.05) is 44.4 Å². The third-order valence-electron chi connectivity index (χ3n) is 6.83. The quantitative estimate of drug-likeness (QED) is 0.102. The van der Waals surface area contributed by atoms with Crippen molar-refractivity contribution in [3.05, 3.63) is 109 Å². The summed E-state index contributed by atoms with van der Waals surface area (Å²) in [5, 5.41) is 0.892.